The normalized spacial score (nSPS) is 11.7. The molecule has 120 valence electrons. The Morgan fingerprint density at radius 3 is 2.61 bits per heavy atom. The molecule has 3 rings (SSSR count). The molecule has 0 aliphatic rings. The summed E-state index contributed by atoms with van der Waals surface area (Å²) in [7, 11) is -4.05. The molecule has 0 fully saturated rings. The predicted molar refractivity (Wildman–Crippen MR) is 79.6 cm³/mol. The van der Waals surface area contributed by atoms with Crippen LogP contribution in [0.3, 0.4) is 0 Å². The summed E-state index contributed by atoms with van der Waals surface area (Å²) in [5, 5.41) is 11.5. The molecule has 0 atom stereocenters. The average Bonchev–Trinajstić information content (AvgIpc) is 3.15. The van der Waals surface area contributed by atoms with Gasteiger partial charge in [-0.25, -0.2) is 26.6 Å². The number of sulfonamides is 1. The van der Waals surface area contributed by atoms with Crippen LogP contribution in [-0.2, 0) is 16.6 Å². The van der Waals surface area contributed by atoms with E-state index in [2.05, 4.69) is 15.0 Å². The van der Waals surface area contributed by atoms with E-state index in [0.29, 0.717) is 11.8 Å². The Labute approximate surface area is 134 Å². The van der Waals surface area contributed by atoms with Gasteiger partial charge in [-0.15, -0.1) is 5.10 Å². The predicted octanol–water partition coefficient (Wildman–Crippen LogP) is 2.09. The molecule has 2 aromatic heterocycles. The fourth-order valence-electron chi connectivity index (χ4n) is 1.83. The lowest BCUT2D eigenvalue weighted by molar-refractivity contribution is 0.561. The molecule has 3 aromatic rings. The standard InChI is InChI=1S/C13H10F2N4O2S2/c14-9-3-10(15)5-13(4-9)23(20,21)16-6-11-7-19(18-17-11)12-1-2-22-8-12/h1-5,7-8,16H,6H2. The van der Waals surface area contributed by atoms with Crippen molar-refractivity contribution in [2.24, 2.45) is 0 Å². The van der Waals surface area contributed by atoms with E-state index in [-0.39, 0.29) is 6.54 Å². The van der Waals surface area contributed by atoms with Gasteiger partial charge < -0.3 is 0 Å². The molecule has 23 heavy (non-hydrogen) atoms. The first-order valence-corrected chi connectivity index (χ1v) is 8.76. The Bertz CT molecular complexity index is 903. The van der Waals surface area contributed by atoms with Crippen molar-refractivity contribution in [2.75, 3.05) is 0 Å². The summed E-state index contributed by atoms with van der Waals surface area (Å²) in [4.78, 5) is -0.486. The molecule has 0 saturated carbocycles. The van der Waals surface area contributed by atoms with Crippen LogP contribution in [0.25, 0.3) is 5.69 Å². The highest BCUT2D eigenvalue weighted by Gasteiger charge is 2.17. The summed E-state index contributed by atoms with van der Waals surface area (Å²) in [5.41, 5.74) is 1.18. The summed E-state index contributed by atoms with van der Waals surface area (Å²) in [6.45, 7) is -0.148. The van der Waals surface area contributed by atoms with Crippen LogP contribution >= 0.6 is 11.3 Å². The van der Waals surface area contributed by atoms with Gasteiger partial charge in [0.05, 0.1) is 29.0 Å². The highest BCUT2D eigenvalue weighted by Crippen LogP contribution is 2.14. The highest BCUT2D eigenvalue weighted by atomic mass is 32.2. The van der Waals surface area contributed by atoms with Gasteiger partial charge in [0.2, 0.25) is 10.0 Å². The summed E-state index contributed by atoms with van der Waals surface area (Å²) in [6.07, 6.45) is 1.57. The minimum absolute atomic E-state index is 0.148. The van der Waals surface area contributed by atoms with Crippen LogP contribution in [0.4, 0.5) is 8.78 Å². The topological polar surface area (TPSA) is 76.9 Å². The number of hydrogen-bond donors (Lipinski definition) is 1. The summed E-state index contributed by atoms with van der Waals surface area (Å²) in [6, 6.07) is 3.93. The lowest BCUT2D eigenvalue weighted by Crippen LogP contribution is -2.23. The Morgan fingerprint density at radius 2 is 1.96 bits per heavy atom. The maximum Gasteiger partial charge on any atom is 0.241 e. The molecule has 2 heterocycles. The molecule has 0 radical (unpaired) electrons. The van der Waals surface area contributed by atoms with Crippen molar-refractivity contribution in [1.82, 2.24) is 19.7 Å². The number of hydrogen-bond acceptors (Lipinski definition) is 5. The van der Waals surface area contributed by atoms with Crippen LogP contribution in [0.5, 0.6) is 0 Å². The van der Waals surface area contributed by atoms with E-state index >= 15 is 0 Å². The summed E-state index contributed by atoms with van der Waals surface area (Å²) >= 11 is 1.49. The van der Waals surface area contributed by atoms with Crippen molar-refractivity contribution in [2.45, 2.75) is 11.4 Å². The first-order valence-electron chi connectivity index (χ1n) is 6.33. The third kappa shape index (κ3) is 3.60. The minimum atomic E-state index is -4.05. The second kappa shape index (κ2) is 6.14. The van der Waals surface area contributed by atoms with Crippen molar-refractivity contribution < 1.29 is 17.2 Å². The quantitative estimate of drug-likeness (QED) is 0.759. The van der Waals surface area contributed by atoms with Gasteiger partial charge in [-0.05, 0) is 23.6 Å². The Balaban J connectivity index is 1.74. The minimum Gasteiger partial charge on any atom is -0.220 e. The molecule has 1 N–H and O–H groups in total. The second-order valence-electron chi connectivity index (χ2n) is 4.57. The van der Waals surface area contributed by atoms with Crippen molar-refractivity contribution in [1.29, 1.82) is 0 Å². The van der Waals surface area contributed by atoms with E-state index < -0.39 is 26.6 Å². The molecule has 1 aromatic carbocycles. The number of halogens is 2. The number of nitrogens with one attached hydrogen (secondary N) is 1. The largest absolute Gasteiger partial charge is 0.241 e. The lowest BCUT2D eigenvalue weighted by atomic mass is 10.3. The number of thiophene rings is 1. The van der Waals surface area contributed by atoms with Crippen molar-refractivity contribution in [3.63, 3.8) is 0 Å². The molecule has 0 aliphatic carbocycles. The lowest BCUT2D eigenvalue weighted by Gasteiger charge is -2.05. The van der Waals surface area contributed by atoms with Crippen LogP contribution in [0.1, 0.15) is 5.69 Å². The summed E-state index contributed by atoms with van der Waals surface area (Å²) in [5.74, 6) is -1.93. The molecule has 10 heteroatoms. The number of rotatable bonds is 5. The number of aromatic nitrogens is 3. The molecule has 0 bridgehead atoms. The Hall–Kier alpha value is -2.17. The van der Waals surface area contributed by atoms with Gasteiger partial charge in [-0.2, -0.15) is 11.3 Å². The van der Waals surface area contributed by atoms with E-state index in [1.165, 1.54) is 16.0 Å². The van der Waals surface area contributed by atoms with Gasteiger partial charge in [0.15, 0.2) is 0 Å². The molecule has 0 aliphatic heterocycles. The van der Waals surface area contributed by atoms with E-state index in [4.69, 9.17) is 0 Å². The zero-order chi connectivity index (χ0) is 16.4. The zero-order valence-electron chi connectivity index (χ0n) is 11.5. The van der Waals surface area contributed by atoms with Crippen LogP contribution in [0, 0.1) is 11.6 Å². The van der Waals surface area contributed by atoms with E-state index in [0.717, 1.165) is 17.8 Å². The van der Waals surface area contributed by atoms with Crippen molar-refractivity contribution in [3.05, 3.63) is 58.6 Å². The van der Waals surface area contributed by atoms with Crippen LogP contribution < -0.4 is 4.72 Å². The van der Waals surface area contributed by atoms with Gasteiger partial charge in [-0.1, -0.05) is 5.21 Å². The van der Waals surface area contributed by atoms with E-state index in [1.807, 2.05) is 16.8 Å². The first kappa shape index (κ1) is 15.7. The highest BCUT2D eigenvalue weighted by molar-refractivity contribution is 7.89. The maximum absolute atomic E-state index is 13.1. The molecular weight excluding hydrogens is 346 g/mol. The van der Waals surface area contributed by atoms with Gasteiger partial charge in [-0.3, -0.25) is 0 Å². The average molecular weight is 356 g/mol. The molecule has 0 unspecified atom stereocenters. The van der Waals surface area contributed by atoms with Crippen molar-refractivity contribution in [3.8, 4) is 5.69 Å². The van der Waals surface area contributed by atoms with Gasteiger partial charge in [0, 0.05) is 11.4 Å². The first-order chi connectivity index (χ1) is 10.9. The molecule has 0 amide bonds. The third-order valence-electron chi connectivity index (χ3n) is 2.90. The maximum atomic E-state index is 13.1. The van der Waals surface area contributed by atoms with Gasteiger partial charge in [0.25, 0.3) is 0 Å². The molecule has 6 nitrogen and oxygen atoms in total. The van der Waals surface area contributed by atoms with E-state index in [1.54, 1.807) is 6.20 Å². The fourth-order valence-corrected chi connectivity index (χ4v) is 3.49. The molecular formula is C13H10F2N4O2S2. The Kier molecular flexibility index (Phi) is 4.20. The van der Waals surface area contributed by atoms with E-state index in [9.17, 15) is 17.2 Å². The third-order valence-corrected chi connectivity index (χ3v) is 4.95. The van der Waals surface area contributed by atoms with Crippen molar-refractivity contribution >= 4 is 21.4 Å². The van der Waals surface area contributed by atoms with Crippen LogP contribution in [0.15, 0.2) is 46.1 Å². The molecule has 0 spiro atoms. The monoisotopic (exact) mass is 356 g/mol. The molecule has 0 saturated heterocycles. The van der Waals surface area contributed by atoms with Crippen LogP contribution in [-0.4, -0.2) is 23.4 Å². The number of nitrogens with zero attached hydrogens (tertiary/aromatic N) is 3. The smallest absolute Gasteiger partial charge is 0.220 e. The van der Waals surface area contributed by atoms with Crippen LogP contribution in [0.2, 0.25) is 0 Å². The SMILES string of the molecule is O=S(=O)(NCc1cn(-c2ccsc2)nn1)c1cc(F)cc(F)c1. The Morgan fingerprint density at radius 1 is 1.22 bits per heavy atom. The zero-order valence-corrected chi connectivity index (χ0v) is 13.1. The number of benzene rings is 1. The fraction of sp³-hybridized carbons (Fsp3) is 0.0769. The second-order valence-corrected chi connectivity index (χ2v) is 7.11. The van der Waals surface area contributed by atoms with Gasteiger partial charge in [0.1, 0.15) is 11.6 Å². The van der Waals surface area contributed by atoms with Gasteiger partial charge >= 0.3 is 0 Å². The summed E-state index contributed by atoms with van der Waals surface area (Å²) < 4.78 is 54.1.